The molecule has 0 spiro atoms. The summed E-state index contributed by atoms with van der Waals surface area (Å²) >= 11 is 0. The number of sulfone groups is 1. The molecule has 2 aliphatic heterocycles. The van der Waals surface area contributed by atoms with E-state index in [2.05, 4.69) is 9.88 Å². The van der Waals surface area contributed by atoms with Crippen LogP contribution in [0.2, 0.25) is 0 Å². The molecule has 5 rings (SSSR count). The Labute approximate surface area is 170 Å². The van der Waals surface area contributed by atoms with Crippen LogP contribution in [0.1, 0.15) is 19.3 Å². The molecule has 150 valence electrons. The first-order valence-electron chi connectivity index (χ1n) is 9.98. The molecule has 0 atom stereocenters. The Balaban J connectivity index is 1.77. The minimum absolute atomic E-state index is 0.295. The Morgan fingerprint density at radius 3 is 2.31 bits per heavy atom. The van der Waals surface area contributed by atoms with Gasteiger partial charge in [0.15, 0.2) is 22.6 Å². The van der Waals surface area contributed by atoms with Crippen LogP contribution in [0.25, 0.3) is 10.9 Å². The second-order valence-electron chi connectivity index (χ2n) is 7.41. The van der Waals surface area contributed by atoms with Crippen LogP contribution < -0.4 is 19.4 Å². The van der Waals surface area contributed by atoms with E-state index in [1.165, 1.54) is 6.42 Å². The monoisotopic (exact) mass is 411 g/mol. The van der Waals surface area contributed by atoms with Gasteiger partial charge in [-0.2, -0.15) is 0 Å². The highest BCUT2D eigenvalue weighted by molar-refractivity contribution is 7.91. The zero-order valence-electron chi connectivity index (χ0n) is 16.1. The molecule has 1 fully saturated rings. The average molecular weight is 412 g/mol. The minimum atomic E-state index is -3.68. The van der Waals surface area contributed by atoms with Gasteiger partial charge < -0.3 is 14.4 Å². The zero-order valence-corrected chi connectivity index (χ0v) is 16.9. The highest BCUT2D eigenvalue weighted by Crippen LogP contribution is 2.41. The van der Waals surface area contributed by atoms with Gasteiger partial charge in [-0.1, -0.05) is 18.2 Å². The van der Waals surface area contributed by atoms with Crippen LogP contribution in [0.5, 0.6) is 11.5 Å². The normalized spacial score (nSPS) is 16.8. The Kier molecular flexibility index (Phi) is 4.54. The number of aromatic amines is 1. The van der Waals surface area contributed by atoms with Gasteiger partial charge in [-0.05, 0) is 31.4 Å². The summed E-state index contributed by atoms with van der Waals surface area (Å²) < 4.78 is 38.5. The molecule has 0 bridgehead atoms. The minimum Gasteiger partial charge on any atom is -0.486 e. The molecular weight excluding hydrogens is 388 g/mol. The van der Waals surface area contributed by atoms with Crippen molar-refractivity contribution in [2.24, 2.45) is 0 Å². The van der Waals surface area contributed by atoms with Crippen LogP contribution in [0, 0.1) is 0 Å². The van der Waals surface area contributed by atoms with E-state index >= 15 is 0 Å². The van der Waals surface area contributed by atoms with Crippen molar-refractivity contribution < 1.29 is 22.9 Å². The number of benzene rings is 2. The number of pyridine rings is 1. The molecule has 3 aromatic rings. The summed E-state index contributed by atoms with van der Waals surface area (Å²) in [7, 11) is -3.68. The van der Waals surface area contributed by atoms with Crippen molar-refractivity contribution in [2.75, 3.05) is 31.2 Å². The van der Waals surface area contributed by atoms with Crippen molar-refractivity contribution in [2.45, 2.75) is 29.1 Å². The maximum atomic E-state index is 13.5. The third kappa shape index (κ3) is 3.19. The molecule has 6 nitrogen and oxygen atoms in total. The maximum Gasteiger partial charge on any atom is 0.217 e. The first kappa shape index (κ1) is 18.2. The molecule has 1 N–H and O–H groups in total. The van der Waals surface area contributed by atoms with Crippen LogP contribution in [-0.2, 0) is 9.84 Å². The largest absolute Gasteiger partial charge is 0.486 e. The van der Waals surface area contributed by atoms with E-state index < -0.39 is 9.84 Å². The quantitative estimate of drug-likeness (QED) is 0.662. The van der Waals surface area contributed by atoms with Crippen molar-refractivity contribution in [3.8, 4) is 11.5 Å². The van der Waals surface area contributed by atoms with E-state index in [9.17, 15) is 8.42 Å². The van der Waals surface area contributed by atoms with E-state index in [1.54, 1.807) is 30.5 Å². The summed E-state index contributed by atoms with van der Waals surface area (Å²) in [5, 5.41) is 0.841. The number of hydrogen-bond donors (Lipinski definition) is 0. The second kappa shape index (κ2) is 7.22. The van der Waals surface area contributed by atoms with Crippen LogP contribution in [0.4, 0.5) is 5.69 Å². The number of fused-ring (bicyclic) bond motifs is 2. The van der Waals surface area contributed by atoms with E-state index in [0.29, 0.717) is 34.5 Å². The molecule has 2 aliphatic rings. The predicted molar refractivity (Wildman–Crippen MR) is 109 cm³/mol. The van der Waals surface area contributed by atoms with E-state index in [4.69, 9.17) is 9.47 Å². The number of rotatable bonds is 3. The van der Waals surface area contributed by atoms with Crippen LogP contribution in [0.3, 0.4) is 0 Å². The topological polar surface area (TPSA) is 70.0 Å². The Hall–Kier alpha value is -2.80. The Bertz CT molecular complexity index is 1160. The summed E-state index contributed by atoms with van der Waals surface area (Å²) in [6, 6.07) is 12.4. The molecule has 29 heavy (non-hydrogen) atoms. The summed E-state index contributed by atoms with van der Waals surface area (Å²) in [5.74, 6) is 1.34. The van der Waals surface area contributed by atoms with Gasteiger partial charge in [0.1, 0.15) is 13.2 Å². The Morgan fingerprint density at radius 1 is 0.897 bits per heavy atom. The number of piperidine rings is 1. The first-order chi connectivity index (χ1) is 14.1. The standard InChI is InChI=1S/C22H22N2O4S/c25-29(26,16-7-3-1-4-8-16)21-15-23-18-14-20-19(27-11-12-28-20)13-17(18)22(21)24-9-5-2-6-10-24/h1,3-4,7-8,13-15H,2,5-6,9-12H2/p+1. The fourth-order valence-electron chi connectivity index (χ4n) is 4.12. The lowest BCUT2D eigenvalue weighted by Crippen LogP contribution is -2.32. The smallest absolute Gasteiger partial charge is 0.217 e. The van der Waals surface area contributed by atoms with Gasteiger partial charge in [0, 0.05) is 19.2 Å². The van der Waals surface area contributed by atoms with Crippen LogP contribution in [-0.4, -0.2) is 34.7 Å². The molecule has 0 radical (unpaired) electrons. The molecule has 2 aromatic carbocycles. The van der Waals surface area contributed by atoms with Crippen molar-refractivity contribution in [3.05, 3.63) is 48.7 Å². The molecule has 0 saturated carbocycles. The zero-order chi connectivity index (χ0) is 19.8. The number of anilines is 1. The molecule has 0 amide bonds. The van der Waals surface area contributed by atoms with Crippen molar-refractivity contribution >= 4 is 26.4 Å². The fraction of sp³-hybridized carbons (Fsp3) is 0.318. The average Bonchev–Trinajstić information content (AvgIpc) is 2.78. The van der Waals surface area contributed by atoms with Gasteiger partial charge in [-0.15, -0.1) is 0 Å². The van der Waals surface area contributed by atoms with Gasteiger partial charge >= 0.3 is 0 Å². The number of nitrogens with one attached hydrogen (secondary N) is 1. The first-order valence-corrected chi connectivity index (χ1v) is 11.5. The van der Waals surface area contributed by atoms with Crippen LogP contribution >= 0.6 is 0 Å². The van der Waals surface area contributed by atoms with E-state index in [1.807, 2.05) is 18.2 Å². The summed E-state index contributed by atoms with van der Waals surface area (Å²) in [5.41, 5.74) is 1.58. The summed E-state index contributed by atoms with van der Waals surface area (Å²) in [4.78, 5) is 5.98. The molecule has 7 heteroatoms. The number of hydrogen-bond acceptors (Lipinski definition) is 5. The fourth-order valence-corrected chi connectivity index (χ4v) is 5.60. The van der Waals surface area contributed by atoms with Gasteiger partial charge in [0.25, 0.3) is 0 Å². The third-order valence-corrected chi connectivity index (χ3v) is 7.33. The number of H-pyrrole nitrogens is 1. The molecule has 1 aromatic heterocycles. The maximum absolute atomic E-state index is 13.5. The van der Waals surface area contributed by atoms with Crippen molar-refractivity contribution in [3.63, 3.8) is 0 Å². The lowest BCUT2D eigenvalue weighted by Gasteiger charge is -2.30. The lowest BCUT2D eigenvalue weighted by molar-refractivity contribution is -0.347. The third-order valence-electron chi connectivity index (χ3n) is 5.54. The molecule has 1 saturated heterocycles. The van der Waals surface area contributed by atoms with E-state index in [-0.39, 0.29) is 0 Å². The number of ether oxygens (including phenoxy) is 2. The van der Waals surface area contributed by atoms with Gasteiger partial charge in [0.2, 0.25) is 15.4 Å². The van der Waals surface area contributed by atoms with Gasteiger partial charge in [0.05, 0.1) is 22.0 Å². The van der Waals surface area contributed by atoms with E-state index in [0.717, 1.165) is 42.5 Å². The number of aromatic nitrogens is 1. The van der Waals surface area contributed by atoms with Crippen molar-refractivity contribution in [1.29, 1.82) is 0 Å². The highest BCUT2D eigenvalue weighted by atomic mass is 32.2. The lowest BCUT2D eigenvalue weighted by atomic mass is 10.1. The summed E-state index contributed by atoms with van der Waals surface area (Å²) in [6.07, 6.45) is 4.89. The van der Waals surface area contributed by atoms with Gasteiger partial charge in [-0.3, -0.25) is 0 Å². The molecule has 0 unspecified atom stereocenters. The summed E-state index contributed by atoms with van der Waals surface area (Å²) in [6.45, 7) is 2.68. The SMILES string of the molecule is O=S(=O)(c1ccccc1)c1c[nH+]c2cc3c(cc2c1N1CCCCC1)OCCO3. The Morgan fingerprint density at radius 2 is 1.59 bits per heavy atom. The molecular formula is C22H23N2O4S+. The second-order valence-corrected chi connectivity index (χ2v) is 9.33. The highest BCUT2D eigenvalue weighted by Gasteiger charge is 2.31. The van der Waals surface area contributed by atoms with Gasteiger partial charge in [-0.25, -0.2) is 13.4 Å². The van der Waals surface area contributed by atoms with Crippen molar-refractivity contribution in [1.82, 2.24) is 0 Å². The molecule has 0 aliphatic carbocycles. The number of nitrogens with zero attached hydrogens (tertiary/aromatic N) is 1. The molecule has 3 heterocycles. The van der Waals surface area contributed by atoms with Crippen LogP contribution in [0.15, 0.2) is 58.5 Å². The predicted octanol–water partition coefficient (Wildman–Crippen LogP) is 3.25.